The fourth-order valence-electron chi connectivity index (χ4n) is 1.10. The summed E-state index contributed by atoms with van der Waals surface area (Å²) in [5, 5.41) is 18.8. The normalized spacial score (nSPS) is 9.24. The van der Waals surface area contributed by atoms with Gasteiger partial charge >= 0.3 is 0 Å². The molecule has 0 radical (unpaired) electrons. The van der Waals surface area contributed by atoms with Gasteiger partial charge in [0.2, 0.25) is 5.88 Å². The lowest BCUT2D eigenvalue weighted by Gasteiger charge is -1.98. The molecular formula is C11H12N2O4. The predicted molar refractivity (Wildman–Crippen MR) is 60.6 cm³/mol. The van der Waals surface area contributed by atoms with Gasteiger partial charge in [-0.3, -0.25) is 4.79 Å². The highest BCUT2D eigenvalue weighted by molar-refractivity contribution is 5.84. The van der Waals surface area contributed by atoms with Gasteiger partial charge < -0.3 is 14.9 Å². The molecule has 17 heavy (non-hydrogen) atoms. The van der Waals surface area contributed by atoms with E-state index in [-0.39, 0.29) is 11.6 Å². The molecule has 2 rings (SSSR count). The monoisotopic (exact) mass is 236 g/mol. The van der Waals surface area contributed by atoms with Gasteiger partial charge in [-0.2, -0.15) is 0 Å². The Kier molecular flexibility index (Phi) is 4.68. The number of rotatable bonds is 2. The second kappa shape index (κ2) is 6.26. The molecule has 0 saturated heterocycles. The van der Waals surface area contributed by atoms with Crippen molar-refractivity contribution in [2.45, 2.75) is 6.92 Å². The van der Waals surface area contributed by atoms with E-state index >= 15 is 0 Å². The minimum atomic E-state index is -0.115. The van der Waals surface area contributed by atoms with Crippen LogP contribution in [0.4, 0.5) is 0 Å². The Morgan fingerprint density at radius 2 is 2.12 bits per heavy atom. The van der Waals surface area contributed by atoms with Crippen molar-refractivity contribution in [1.29, 1.82) is 0 Å². The van der Waals surface area contributed by atoms with E-state index < -0.39 is 0 Å². The Morgan fingerprint density at radius 1 is 1.35 bits per heavy atom. The molecular weight excluding hydrogens is 224 g/mol. The van der Waals surface area contributed by atoms with E-state index in [9.17, 15) is 9.90 Å². The van der Waals surface area contributed by atoms with E-state index in [2.05, 4.69) is 14.7 Å². The zero-order valence-corrected chi connectivity index (χ0v) is 9.20. The highest BCUT2D eigenvalue weighted by atomic mass is 16.5. The minimum Gasteiger partial charge on any atom is -0.508 e. The van der Waals surface area contributed by atoms with Crippen molar-refractivity contribution in [3.63, 3.8) is 0 Å². The quantitative estimate of drug-likeness (QED) is 0.761. The molecule has 0 spiro atoms. The number of nitrogens with zero attached hydrogens (tertiary/aromatic N) is 2. The molecule has 0 aliphatic carbocycles. The number of carbonyl (C=O) groups excluding carboxylic acids is 1. The number of phenolic OH excluding ortho intramolecular Hbond substituents is 1. The van der Waals surface area contributed by atoms with Gasteiger partial charge in [-0.05, 0) is 25.1 Å². The number of aromatic nitrogens is 2. The van der Waals surface area contributed by atoms with Gasteiger partial charge in [-0.25, -0.2) is 9.97 Å². The average Bonchev–Trinajstić information content (AvgIpc) is 2.32. The number of carbonyl (C=O) groups is 1. The second-order valence-electron chi connectivity index (χ2n) is 2.95. The molecule has 1 heterocycles. The molecule has 6 nitrogen and oxygen atoms in total. The molecule has 0 bridgehead atoms. The van der Waals surface area contributed by atoms with E-state index in [0.29, 0.717) is 24.0 Å². The molecule has 0 aliphatic rings. The molecule has 90 valence electrons. The molecule has 0 unspecified atom stereocenters. The Labute approximate surface area is 97.5 Å². The Bertz CT molecular complexity index is 502. The van der Waals surface area contributed by atoms with Gasteiger partial charge in [0.15, 0.2) is 0 Å². The number of phenols is 1. The summed E-state index contributed by atoms with van der Waals surface area (Å²) in [5.74, 6) is -0.0245. The highest BCUT2D eigenvalue weighted by Gasteiger charge is 2.01. The number of hydrogen-bond donors (Lipinski definition) is 2. The average molecular weight is 236 g/mol. The van der Waals surface area contributed by atoms with Crippen LogP contribution in [0.5, 0.6) is 11.6 Å². The van der Waals surface area contributed by atoms with Crippen LogP contribution in [0.15, 0.2) is 24.5 Å². The standard InChI is InChI=1S/C8H6N2O2.C3H6O2/c11-5-1-2-7-6(3-5)8(12)10-4-9-7;1-2-5-3-4/h1-4,11H,(H,9,10,12);3H,2H2,1H3. The highest BCUT2D eigenvalue weighted by Crippen LogP contribution is 2.23. The number of aromatic hydroxyl groups is 2. The van der Waals surface area contributed by atoms with Crippen LogP contribution in [0.2, 0.25) is 0 Å². The molecule has 0 saturated carbocycles. The second-order valence-corrected chi connectivity index (χ2v) is 2.95. The summed E-state index contributed by atoms with van der Waals surface area (Å²) >= 11 is 0. The van der Waals surface area contributed by atoms with Crippen molar-refractivity contribution in [1.82, 2.24) is 9.97 Å². The van der Waals surface area contributed by atoms with Crippen LogP contribution in [0, 0.1) is 0 Å². The molecule has 0 amide bonds. The fraction of sp³-hybridized carbons (Fsp3) is 0.182. The molecule has 2 aromatic rings. The fourth-order valence-corrected chi connectivity index (χ4v) is 1.10. The lowest BCUT2D eigenvalue weighted by Crippen LogP contribution is -1.81. The molecule has 0 fully saturated rings. The number of benzene rings is 1. The van der Waals surface area contributed by atoms with Crippen molar-refractivity contribution in [2.75, 3.05) is 6.61 Å². The van der Waals surface area contributed by atoms with Gasteiger partial charge in [-0.15, -0.1) is 0 Å². The first kappa shape index (κ1) is 12.7. The summed E-state index contributed by atoms with van der Waals surface area (Å²) in [4.78, 5) is 16.7. The smallest absolute Gasteiger partial charge is 0.293 e. The topological polar surface area (TPSA) is 92.5 Å². The Hall–Kier alpha value is -2.37. The largest absolute Gasteiger partial charge is 0.508 e. The number of fused-ring (bicyclic) bond motifs is 1. The summed E-state index contributed by atoms with van der Waals surface area (Å²) in [5.41, 5.74) is 0.611. The first-order valence-corrected chi connectivity index (χ1v) is 4.87. The molecule has 1 aromatic carbocycles. The van der Waals surface area contributed by atoms with Crippen LogP contribution >= 0.6 is 0 Å². The first-order chi connectivity index (χ1) is 8.19. The van der Waals surface area contributed by atoms with Crippen molar-refractivity contribution in [3.05, 3.63) is 24.5 Å². The molecule has 0 atom stereocenters. The van der Waals surface area contributed by atoms with Gasteiger partial charge in [0.1, 0.15) is 12.1 Å². The lowest BCUT2D eigenvalue weighted by molar-refractivity contribution is -0.128. The van der Waals surface area contributed by atoms with E-state index in [1.54, 1.807) is 13.0 Å². The molecule has 1 aromatic heterocycles. The van der Waals surface area contributed by atoms with Crippen LogP contribution in [0.25, 0.3) is 10.9 Å². The zero-order valence-electron chi connectivity index (χ0n) is 9.20. The van der Waals surface area contributed by atoms with Gasteiger partial charge in [-0.1, -0.05) is 0 Å². The maximum Gasteiger partial charge on any atom is 0.293 e. The first-order valence-electron chi connectivity index (χ1n) is 4.87. The van der Waals surface area contributed by atoms with Crippen molar-refractivity contribution in [3.8, 4) is 11.6 Å². The van der Waals surface area contributed by atoms with Gasteiger partial charge in [0.25, 0.3) is 6.47 Å². The van der Waals surface area contributed by atoms with Crippen molar-refractivity contribution < 1.29 is 19.7 Å². The maximum atomic E-state index is 9.23. The Morgan fingerprint density at radius 3 is 2.71 bits per heavy atom. The third kappa shape index (κ3) is 3.60. The van der Waals surface area contributed by atoms with E-state index in [1.165, 1.54) is 18.5 Å². The van der Waals surface area contributed by atoms with Crippen molar-refractivity contribution in [2.24, 2.45) is 0 Å². The summed E-state index contributed by atoms with van der Waals surface area (Å²) in [6.07, 6.45) is 1.27. The predicted octanol–water partition coefficient (Wildman–Crippen LogP) is 1.22. The Balaban J connectivity index is 0.000000249. The summed E-state index contributed by atoms with van der Waals surface area (Å²) in [6, 6.07) is 4.55. The van der Waals surface area contributed by atoms with E-state index in [1.807, 2.05) is 0 Å². The number of ether oxygens (including phenoxy) is 1. The molecule has 0 aliphatic heterocycles. The summed E-state index contributed by atoms with van der Waals surface area (Å²) < 4.78 is 4.15. The zero-order chi connectivity index (χ0) is 12.7. The SMILES string of the molecule is CCOC=O.Oc1ccc2ncnc(O)c2c1. The molecule has 6 heteroatoms. The van der Waals surface area contributed by atoms with Crippen LogP contribution in [0.3, 0.4) is 0 Å². The van der Waals surface area contributed by atoms with E-state index in [4.69, 9.17) is 5.11 Å². The maximum absolute atomic E-state index is 9.23. The summed E-state index contributed by atoms with van der Waals surface area (Å²) in [7, 11) is 0. The van der Waals surface area contributed by atoms with Crippen LogP contribution in [-0.2, 0) is 9.53 Å². The third-order valence-electron chi connectivity index (χ3n) is 1.83. The van der Waals surface area contributed by atoms with Crippen molar-refractivity contribution >= 4 is 17.4 Å². The lowest BCUT2D eigenvalue weighted by atomic mass is 10.2. The van der Waals surface area contributed by atoms with Crippen LogP contribution < -0.4 is 0 Å². The van der Waals surface area contributed by atoms with E-state index in [0.717, 1.165) is 0 Å². The molecule has 2 N–H and O–H groups in total. The minimum absolute atomic E-state index is 0.0904. The number of hydrogen-bond acceptors (Lipinski definition) is 6. The van der Waals surface area contributed by atoms with Gasteiger partial charge in [0.05, 0.1) is 17.5 Å². The van der Waals surface area contributed by atoms with Crippen LogP contribution in [0.1, 0.15) is 6.92 Å². The van der Waals surface area contributed by atoms with Gasteiger partial charge in [0, 0.05) is 0 Å². The third-order valence-corrected chi connectivity index (χ3v) is 1.83. The summed E-state index contributed by atoms with van der Waals surface area (Å²) in [6.45, 7) is 2.66. The van der Waals surface area contributed by atoms with Crippen LogP contribution in [-0.4, -0.2) is 33.3 Å².